The SMILES string of the molecule is Cn1nccc1CCC(=O)c1ccncn1. The van der Waals surface area contributed by atoms with Crippen LogP contribution >= 0.6 is 0 Å². The van der Waals surface area contributed by atoms with E-state index >= 15 is 0 Å². The molecule has 0 aromatic carbocycles. The number of Topliss-reactive ketones (excluding diaryl/α,β-unsaturated/α-hetero) is 1. The summed E-state index contributed by atoms with van der Waals surface area (Å²) in [5, 5.41) is 4.05. The number of carbonyl (C=O) groups is 1. The fourth-order valence-electron chi connectivity index (χ4n) is 1.47. The van der Waals surface area contributed by atoms with Crippen LogP contribution in [0, 0.1) is 0 Å². The topological polar surface area (TPSA) is 60.7 Å². The average Bonchev–Trinajstić information content (AvgIpc) is 2.73. The Morgan fingerprint density at radius 3 is 2.88 bits per heavy atom. The number of aromatic nitrogens is 4. The highest BCUT2D eigenvalue weighted by molar-refractivity contribution is 5.94. The number of aryl methyl sites for hydroxylation is 2. The molecule has 0 spiro atoms. The third kappa shape index (κ3) is 2.31. The predicted molar refractivity (Wildman–Crippen MR) is 57.9 cm³/mol. The van der Waals surface area contributed by atoms with Crippen molar-refractivity contribution in [3.63, 3.8) is 0 Å². The lowest BCUT2D eigenvalue weighted by Gasteiger charge is -2.01. The molecule has 0 aliphatic carbocycles. The molecule has 0 aliphatic heterocycles. The van der Waals surface area contributed by atoms with Gasteiger partial charge in [-0.25, -0.2) is 9.97 Å². The van der Waals surface area contributed by atoms with Crippen molar-refractivity contribution in [2.45, 2.75) is 12.8 Å². The number of hydrogen-bond donors (Lipinski definition) is 0. The molecule has 5 heteroatoms. The second-order valence-corrected chi connectivity index (χ2v) is 3.46. The van der Waals surface area contributed by atoms with Gasteiger partial charge in [-0.05, 0) is 18.6 Å². The minimum absolute atomic E-state index is 0.0311. The van der Waals surface area contributed by atoms with Gasteiger partial charge in [-0.3, -0.25) is 9.48 Å². The van der Waals surface area contributed by atoms with Gasteiger partial charge in [0.25, 0.3) is 0 Å². The lowest BCUT2D eigenvalue weighted by molar-refractivity contribution is 0.0977. The Labute approximate surface area is 93.2 Å². The van der Waals surface area contributed by atoms with Crippen LogP contribution in [0.5, 0.6) is 0 Å². The van der Waals surface area contributed by atoms with Gasteiger partial charge in [0.1, 0.15) is 12.0 Å². The Bertz CT molecular complexity index is 478. The van der Waals surface area contributed by atoms with Gasteiger partial charge in [-0.1, -0.05) is 0 Å². The first-order valence-corrected chi connectivity index (χ1v) is 5.03. The summed E-state index contributed by atoms with van der Waals surface area (Å²) in [7, 11) is 1.87. The molecule has 0 saturated heterocycles. The van der Waals surface area contributed by atoms with Crippen LogP contribution in [0.3, 0.4) is 0 Å². The number of rotatable bonds is 4. The molecule has 2 aromatic rings. The van der Waals surface area contributed by atoms with Crippen LogP contribution in [-0.2, 0) is 13.5 Å². The van der Waals surface area contributed by atoms with Gasteiger partial charge in [-0.15, -0.1) is 0 Å². The summed E-state index contributed by atoms with van der Waals surface area (Å²) in [5.41, 5.74) is 1.51. The van der Waals surface area contributed by atoms with Crippen molar-refractivity contribution in [2.24, 2.45) is 7.05 Å². The second kappa shape index (κ2) is 4.65. The molecule has 0 aliphatic rings. The fraction of sp³-hybridized carbons (Fsp3) is 0.273. The molecule has 0 N–H and O–H groups in total. The van der Waals surface area contributed by atoms with Gasteiger partial charge >= 0.3 is 0 Å². The fourth-order valence-corrected chi connectivity index (χ4v) is 1.47. The lowest BCUT2D eigenvalue weighted by Crippen LogP contribution is -2.06. The summed E-state index contributed by atoms with van der Waals surface area (Å²) >= 11 is 0. The minimum atomic E-state index is 0.0311. The predicted octanol–water partition coefficient (Wildman–Crippen LogP) is 1.03. The smallest absolute Gasteiger partial charge is 0.181 e. The van der Waals surface area contributed by atoms with E-state index < -0.39 is 0 Å². The Morgan fingerprint density at radius 2 is 2.25 bits per heavy atom. The van der Waals surface area contributed by atoms with Crippen molar-refractivity contribution in [3.8, 4) is 0 Å². The molecular formula is C11H12N4O. The summed E-state index contributed by atoms with van der Waals surface area (Å²) in [6.45, 7) is 0. The van der Waals surface area contributed by atoms with Crippen LogP contribution in [0.2, 0.25) is 0 Å². The highest BCUT2D eigenvalue weighted by atomic mass is 16.1. The Balaban J connectivity index is 1.97. The second-order valence-electron chi connectivity index (χ2n) is 3.46. The Hall–Kier alpha value is -2.04. The van der Waals surface area contributed by atoms with E-state index in [0.717, 1.165) is 5.69 Å². The van der Waals surface area contributed by atoms with Gasteiger partial charge in [0.05, 0.1) is 0 Å². The molecule has 0 atom stereocenters. The molecular weight excluding hydrogens is 204 g/mol. The van der Waals surface area contributed by atoms with Gasteiger partial charge in [0.15, 0.2) is 5.78 Å². The molecule has 0 bridgehead atoms. The van der Waals surface area contributed by atoms with Crippen molar-refractivity contribution >= 4 is 5.78 Å². The molecule has 0 fully saturated rings. The van der Waals surface area contributed by atoms with Crippen molar-refractivity contribution < 1.29 is 4.79 Å². The maximum atomic E-state index is 11.7. The van der Waals surface area contributed by atoms with E-state index in [1.165, 1.54) is 6.33 Å². The van der Waals surface area contributed by atoms with E-state index in [2.05, 4.69) is 15.1 Å². The van der Waals surface area contributed by atoms with Gasteiger partial charge in [-0.2, -0.15) is 5.10 Å². The minimum Gasteiger partial charge on any atom is -0.292 e. The summed E-state index contributed by atoms with van der Waals surface area (Å²) in [6, 6.07) is 3.54. The standard InChI is InChI=1S/C11H12N4O/c1-15-9(4-7-14-15)2-3-11(16)10-5-6-12-8-13-10/h4-8H,2-3H2,1H3. The summed E-state index contributed by atoms with van der Waals surface area (Å²) in [5.74, 6) is 0.0311. The quantitative estimate of drug-likeness (QED) is 0.716. The van der Waals surface area contributed by atoms with Crippen molar-refractivity contribution in [1.29, 1.82) is 0 Å². The molecule has 2 heterocycles. The molecule has 5 nitrogen and oxygen atoms in total. The maximum absolute atomic E-state index is 11.7. The van der Waals surface area contributed by atoms with E-state index in [9.17, 15) is 4.79 Å². The van der Waals surface area contributed by atoms with Crippen LogP contribution in [0.4, 0.5) is 0 Å². The monoisotopic (exact) mass is 216 g/mol. The van der Waals surface area contributed by atoms with E-state index in [1.54, 1.807) is 23.1 Å². The highest BCUT2D eigenvalue weighted by Gasteiger charge is 2.08. The third-order valence-electron chi connectivity index (χ3n) is 2.40. The van der Waals surface area contributed by atoms with E-state index in [1.807, 2.05) is 13.1 Å². The first-order valence-electron chi connectivity index (χ1n) is 5.03. The molecule has 82 valence electrons. The summed E-state index contributed by atoms with van der Waals surface area (Å²) in [4.78, 5) is 19.4. The van der Waals surface area contributed by atoms with E-state index in [4.69, 9.17) is 0 Å². The molecule has 0 radical (unpaired) electrons. The summed E-state index contributed by atoms with van der Waals surface area (Å²) in [6.07, 6.45) is 5.81. The van der Waals surface area contributed by atoms with Crippen LogP contribution in [0.25, 0.3) is 0 Å². The van der Waals surface area contributed by atoms with Gasteiger partial charge in [0.2, 0.25) is 0 Å². The molecule has 2 rings (SSSR count). The maximum Gasteiger partial charge on any atom is 0.181 e. The van der Waals surface area contributed by atoms with Crippen molar-refractivity contribution in [2.75, 3.05) is 0 Å². The third-order valence-corrected chi connectivity index (χ3v) is 2.40. The van der Waals surface area contributed by atoms with Crippen LogP contribution in [0.15, 0.2) is 30.9 Å². The van der Waals surface area contributed by atoms with E-state index in [-0.39, 0.29) is 5.78 Å². The van der Waals surface area contributed by atoms with Crippen molar-refractivity contribution in [3.05, 3.63) is 42.2 Å². The van der Waals surface area contributed by atoms with E-state index in [0.29, 0.717) is 18.5 Å². The van der Waals surface area contributed by atoms with Crippen molar-refractivity contribution in [1.82, 2.24) is 19.7 Å². The zero-order valence-electron chi connectivity index (χ0n) is 9.00. The van der Waals surface area contributed by atoms with Crippen LogP contribution in [-0.4, -0.2) is 25.5 Å². The Morgan fingerprint density at radius 1 is 1.38 bits per heavy atom. The molecule has 2 aromatic heterocycles. The number of nitrogens with zero attached hydrogens (tertiary/aromatic N) is 4. The summed E-state index contributed by atoms with van der Waals surface area (Å²) < 4.78 is 1.77. The molecule has 0 saturated carbocycles. The average molecular weight is 216 g/mol. The molecule has 0 unspecified atom stereocenters. The zero-order valence-corrected chi connectivity index (χ0v) is 9.00. The number of ketones is 1. The van der Waals surface area contributed by atoms with Crippen LogP contribution < -0.4 is 0 Å². The molecule has 16 heavy (non-hydrogen) atoms. The lowest BCUT2D eigenvalue weighted by atomic mass is 10.1. The highest BCUT2D eigenvalue weighted by Crippen LogP contribution is 2.05. The number of carbonyl (C=O) groups excluding carboxylic acids is 1. The van der Waals surface area contributed by atoms with Gasteiger partial charge < -0.3 is 0 Å². The van der Waals surface area contributed by atoms with Crippen LogP contribution in [0.1, 0.15) is 22.6 Å². The normalized spacial score (nSPS) is 10.3. The molecule has 0 amide bonds. The first kappa shape index (κ1) is 10.5. The zero-order chi connectivity index (χ0) is 11.4. The number of hydrogen-bond acceptors (Lipinski definition) is 4. The Kier molecular flexibility index (Phi) is 3.05. The van der Waals surface area contributed by atoms with Gasteiger partial charge in [0, 0.05) is 31.6 Å². The largest absolute Gasteiger partial charge is 0.292 e. The first-order chi connectivity index (χ1) is 7.77.